The van der Waals surface area contributed by atoms with Crippen molar-refractivity contribution in [3.8, 4) is 0 Å². The zero-order valence-corrected chi connectivity index (χ0v) is 19.4. The van der Waals surface area contributed by atoms with E-state index in [1.54, 1.807) is 0 Å². The smallest absolute Gasteiger partial charge is 0.303 e. The van der Waals surface area contributed by atoms with Crippen molar-refractivity contribution in [1.29, 1.82) is 0 Å². The standard InChI is InChI=1S/C27H28N2O4/c1-27(2)20-8-5-6-9-21(20)29(4)22(27)16-19-25(32)24(26(19)33)17-11-13-18(14-12-17)28(3)15-7-10-23(30)31/h5-6,8-9,11-14,16H,7,10,15H2,1-4H3,(H-,30,31,32,33)/p+1. The molecule has 2 aromatic rings. The summed E-state index contributed by atoms with van der Waals surface area (Å²) in [5.41, 5.74) is 5.25. The lowest BCUT2D eigenvalue weighted by atomic mass is 9.77. The highest BCUT2D eigenvalue weighted by Gasteiger charge is 2.45. The van der Waals surface area contributed by atoms with Crippen LogP contribution in [-0.4, -0.2) is 52.9 Å². The first-order chi connectivity index (χ1) is 15.6. The van der Waals surface area contributed by atoms with Crippen molar-refractivity contribution in [2.24, 2.45) is 0 Å². The van der Waals surface area contributed by atoms with Gasteiger partial charge in [-0.15, -0.1) is 0 Å². The number of carbonyl (C=O) groups excluding carboxylic acids is 1. The van der Waals surface area contributed by atoms with Gasteiger partial charge in [0.15, 0.2) is 5.71 Å². The lowest BCUT2D eigenvalue weighted by Gasteiger charge is -2.24. The summed E-state index contributed by atoms with van der Waals surface area (Å²) >= 11 is 0. The Labute approximate surface area is 193 Å². The van der Waals surface area contributed by atoms with Crippen molar-refractivity contribution in [1.82, 2.24) is 0 Å². The van der Waals surface area contributed by atoms with E-state index < -0.39 is 5.97 Å². The van der Waals surface area contributed by atoms with Crippen LogP contribution < -0.4 is 4.90 Å². The first-order valence-electron chi connectivity index (χ1n) is 11.1. The Morgan fingerprint density at radius 3 is 2.39 bits per heavy atom. The van der Waals surface area contributed by atoms with Gasteiger partial charge in [0.2, 0.25) is 11.5 Å². The molecule has 0 spiro atoms. The number of carboxylic acid groups (broad SMARTS) is 1. The number of benzene rings is 2. The second-order valence-electron chi connectivity index (χ2n) is 9.16. The van der Waals surface area contributed by atoms with Gasteiger partial charge in [0.25, 0.3) is 0 Å². The van der Waals surface area contributed by atoms with Crippen LogP contribution in [0.1, 0.15) is 37.8 Å². The zero-order valence-electron chi connectivity index (χ0n) is 19.4. The van der Waals surface area contributed by atoms with E-state index in [4.69, 9.17) is 5.11 Å². The van der Waals surface area contributed by atoms with E-state index in [2.05, 4.69) is 30.6 Å². The SMILES string of the molecule is CN(CCCC(=O)O)c1ccc(C2=C(O)C(=CC3=[N+](C)c4ccccc4C3(C)C)C2=O)cc1. The van der Waals surface area contributed by atoms with Crippen LogP contribution in [0.15, 0.2) is 65.9 Å². The number of para-hydroxylation sites is 1. The Morgan fingerprint density at radius 1 is 1.12 bits per heavy atom. The number of hydrogen-bond acceptors (Lipinski definition) is 4. The molecule has 2 aliphatic rings. The molecule has 0 amide bonds. The van der Waals surface area contributed by atoms with Gasteiger partial charge in [-0.25, -0.2) is 0 Å². The second kappa shape index (κ2) is 8.35. The summed E-state index contributed by atoms with van der Waals surface area (Å²) in [7, 11) is 3.88. The Balaban J connectivity index is 1.56. The van der Waals surface area contributed by atoms with Crippen molar-refractivity contribution in [2.75, 3.05) is 25.5 Å². The molecule has 0 saturated carbocycles. The maximum Gasteiger partial charge on any atom is 0.303 e. The average Bonchev–Trinajstić information content (AvgIpc) is 2.98. The molecule has 0 aromatic heterocycles. The molecule has 33 heavy (non-hydrogen) atoms. The van der Waals surface area contributed by atoms with Crippen molar-refractivity contribution >= 4 is 34.4 Å². The highest BCUT2D eigenvalue weighted by Crippen LogP contribution is 2.42. The molecule has 1 heterocycles. The normalized spacial score (nSPS) is 17.9. The molecule has 2 aromatic carbocycles. The van der Waals surface area contributed by atoms with Crippen molar-refractivity contribution in [3.05, 3.63) is 77.1 Å². The predicted octanol–water partition coefficient (Wildman–Crippen LogP) is 4.47. The second-order valence-corrected chi connectivity index (χ2v) is 9.16. The number of hydrogen-bond donors (Lipinski definition) is 2. The van der Waals surface area contributed by atoms with Gasteiger partial charge in [0.1, 0.15) is 12.8 Å². The van der Waals surface area contributed by atoms with Gasteiger partial charge in [0.05, 0.1) is 16.6 Å². The molecule has 1 aliphatic carbocycles. The van der Waals surface area contributed by atoms with Crippen molar-refractivity contribution < 1.29 is 24.4 Å². The molecule has 0 radical (unpaired) electrons. The summed E-state index contributed by atoms with van der Waals surface area (Å²) in [5.74, 6) is -0.944. The highest BCUT2D eigenvalue weighted by atomic mass is 16.4. The summed E-state index contributed by atoms with van der Waals surface area (Å²) in [4.78, 5) is 25.7. The maximum absolute atomic E-state index is 13.0. The summed E-state index contributed by atoms with van der Waals surface area (Å²) in [6.07, 6.45) is 2.49. The van der Waals surface area contributed by atoms with Gasteiger partial charge in [-0.1, -0.05) is 30.3 Å². The number of Topliss-reactive ketones (excluding diaryl/α,β-unsaturated/α-hetero) is 1. The summed E-state index contributed by atoms with van der Waals surface area (Å²) in [6, 6.07) is 15.6. The van der Waals surface area contributed by atoms with E-state index in [9.17, 15) is 14.7 Å². The van der Waals surface area contributed by atoms with E-state index in [1.165, 1.54) is 5.56 Å². The van der Waals surface area contributed by atoms with Crippen LogP contribution >= 0.6 is 0 Å². The third-order valence-corrected chi connectivity index (χ3v) is 6.67. The molecular formula is C27H29N2O4+. The maximum atomic E-state index is 13.0. The molecule has 0 fully saturated rings. The third-order valence-electron chi connectivity index (χ3n) is 6.67. The van der Waals surface area contributed by atoms with Gasteiger partial charge in [-0.05, 0) is 38.0 Å². The molecule has 0 atom stereocenters. The molecule has 170 valence electrons. The van der Waals surface area contributed by atoms with Gasteiger partial charge >= 0.3 is 5.97 Å². The minimum atomic E-state index is -0.803. The summed E-state index contributed by atoms with van der Waals surface area (Å²) < 4.78 is 2.08. The molecule has 6 heteroatoms. The Hall–Kier alpha value is -3.67. The van der Waals surface area contributed by atoms with Crippen LogP contribution in [0.5, 0.6) is 0 Å². The van der Waals surface area contributed by atoms with Gasteiger partial charge < -0.3 is 15.1 Å². The highest BCUT2D eigenvalue weighted by molar-refractivity contribution is 6.40. The number of nitrogens with zero attached hydrogens (tertiary/aromatic N) is 2. The monoisotopic (exact) mass is 445 g/mol. The van der Waals surface area contributed by atoms with E-state index in [0.29, 0.717) is 29.7 Å². The van der Waals surface area contributed by atoms with Crippen molar-refractivity contribution in [2.45, 2.75) is 32.1 Å². The number of carboxylic acids is 1. The van der Waals surface area contributed by atoms with Crippen LogP contribution in [-0.2, 0) is 15.0 Å². The molecular weight excluding hydrogens is 416 g/mol. The van der Waals surface area contributed by atoms with Crippen LogP contribution in [0.4, 0.5) is 11.4 Å². The minimum Gasteiger partial charge on any atom is -0.506 e. The number of rotatable bonds is 7. The molecule has 0 bridgehead atoms. The third kappa shape index (κ3) is 3.86. The molecule has 2 N–H and O–H groups in total. The average molecular weight is 446 g/mol. The van der Waals surface area contributed by atoms with Gasteiger partial charge in [-0.3, -0.25) is 9.59 Å². The molecule has 6 nitrogen and oxygen atoms in total. The lowest BCUT2D eigenvalue weighted by molar-refractivity contribution is -0.401. The number of carbonyl (C=O) groups is 2. The number of aliphatic carboxylic acids is 1. The quantitative estimate of drug-likeness (QED) is 0.485. The van der Waals surface area contributed by atoms with Crippen LogP contribution in [0.25, 0.3) is 5.57 Å². The predicted molar refractivity (Wildman–Crippen MR) is 130 cm³/mol. The number of anilines is 1. The number of ketones is 1. The lowest BCUT2D eigenvalue weighted by Crippen LogP contribution is -2.30. The fraction of sp³-hybridized carbons (Fsp3) is 0.296. The van der Waals surface area contributed by atoms with Crippen LogP contribution in [0.2, 0.25) is 0 Å². The largest absolute Gasteiger partial charge is 0.506 e. The van der Waals surface area contributed by atoms with E-state index in [1.807, 2.05) is 61.5 Å². The molecule has 4 rings (SSSR count). The number of aliphatic hydroxyl groups is 1. The first-order valence-corrected chi connectivity index (χ1v) is 11.1. The number of fused-ring (bicyclic) bond motifs is 1. The van der Waals surface area contributed by atoms with E-state index in [0.717, 1.165) is 17.1 Å². The Kier molecular flexibility index (Phi) is 5.70. The van der Waals surface area contributed by atoms with E-state index in [-0.39, 0.29) is 23.4 Å². The topological polar surface area (TPSA) is 80.9 Å². The Bertz CT molecular complexity index is 1230. The minimum absolute atomic E-state index is 0.0234. The zero-order chi connectivity index (χ0) is 23.9. The van der Waals surface area contributed by atoms with Crippen LogP contribution in [0, 0.1) is 0 Å². The Morgan fingerprint density at radius 2 is 1.79 bits per heavy atom. The van der Waals surface area contributed by atoms with E-state index >= 15 is 0 Å². The molecule has 1 aliphatic heterocycles. The molecule has 0 unspecified atom stereocenters. The van der Waals surface area contributed by atoms with Gasteiger partial charge in [0, 0.05) is 43.4 Å². The molecule has 0 saturated heterocycles. The fourth-order valence-corrected chi connectivity index (χ4v) is 4.70. The summed E-state index contributed by atoms with van der Waals surface area (Å²) in [5, 5.41) is 19.6. The number of aliphatic hydroxyl groups excluding tert-OH is 1. The summed E-state index contributed by atoms with van der Waals surface area (Å²) in [6.45, 7) is 4.87. The van der Waals surface area contributed by atoms with Crippen LogP contribution in [0.3, 0.4) is 0 Å². The van der Waals surface area contributed by atoms with Gasteiger partial charge in [-0.2, -0.15) is 4.58 Å². The number of allylic oxidation sites excluding steroid dienone is 3. The fourth-order valence-electron chi connectivity index (χ4n) is 4.70. The van der Waals surface area contributed by atoms with Crippen molar-refractivity contribution in [3.63, 3.8) is 0 Å². The first kappa shape index (κ1) is 22.5.